The molecule has 3 rings (SSSR count). The number of aliphatic hydroxyl groups is 1. The van der Waals surface area contributed by atoms with Gasteiger partial charge in [-0.25, -0.2) is 0 Å². The number of fused-ring (bicyclic) bond motifs is 1. The Bertz CT molecular complexity index is 522. The van der Waals surface area contributed by atoms with Gasteiger partial charge >= 0.3 is 0 Å². The molecule has 1 aliphatic carbocycles. The van der Waals surface area contributed by atoms with Gasteiger partial charge in [0, 0.05) is 30.8 Å². The van der Waals surface area contributed by atoms with Gasteiger partial charge in [-0.3, -0.25) is 4.98 Å². The number of thiocarbonyl (C=S) groups is 1. The summed E-state index contributed by atoms with van der Waals surface area (Å²) >= 11 is 5.13. The van der Waals surface area contributed by atoms with Gasteiger partial charge in [0.2, 0.25) is 0 Å². The summed E-state index contributed by atoms with van der Waals surface area (Å²) < 4.78 is 0. The molecule has 0 spiro atoms. The zero-order valence-corrected chi connectivity index (χ0v) is 12.4. The summed E-state index contributed by atoms with van der Waals surface area (Å²) in [6.07, 6.45) is 8.80. The minimum atomic E-state index is -0.458. The van der Waals surface area contributed by atoms with Crippen LogP contribution in [0.5, 0.6) is 0 Å². The van der Waals surface area contributed by atoms with Crippen molar-refractivity contribution >= 4 is 22.9 Å². The standard InChI is InChI=1S/C15H21N3OS/c16-14(20)12-4-7-17-9-13(12)18-8-6-15(19)5-2-1-3-11(15)10-18/h4,7,9,11,19H,1-3,5-6,8,10H2,(H2,16,20). The highest BCUT2D eigenvalue weighted by molar-refractivity contribution is 7.80. The minimum absolute atomic E-state index is 0.351. The molecule has 1 aliphatic heterocycles. The lowest BCUT2D eigenvalue weighted by Gasteiger charge is -2.48. The van der Waals surface area contributed by atoms with Crippen molar-refractivity contribution in [1.82, 2.24) is 4.98 Å². The fourth-order valence-corrected chi connectivity index (χ4v) is 3.81. The first kappa shape index (κ1) is 13.8. The smallest absolute Gasteiger partial charge is 0.106 e. The molecule has 2 unspecified atom stereocenters. The Labute approximate surface area is 125 Å². The summed E-state index contributed by atoms with van der Waals surface area (Å²) in [6, 6.07) is 1.87. The first-order valence-corrected chi connectivity index (χ1v) is 7.72. The Balaban J connectivity index is 1.85. The van der Waals surface area contributed by atoms with E-state index in [9.17, 15) is 5.11 Å². The second-order valence-corrected chi connectivity index (χ2v) is 6.44. The van der Waals surface area contributed by atoms with Gasteiger partial charge < -0.3 is 15.7 Å². The summed E-state index contributed by atoms with van der Waals surface area (Å²) in [5, 5.41) is 10.7. The SMILES string of the molecule is NC(=S)c1ccncc1N1CCC2(O)CCCCC2C1. The van der Waals surface area contributed by atoms with E-state index >= 15 is 0 Å². The Morgan fingerprint density at radius 2 is 2.30 bits per heavy atom. The topological polar surface area (TPSA) is 62.4 Å². The third-order valence-electron chi connectivity index (χ3n) is 4.83. The van der Waals surface area contributed by atoms with Gasteiger partial charge in [0.15, 0.2) is 0 Å². The number of nitrogens with two attached hydrogens (primary N) is 1. The van der Waals surface area contributed by atoms with Crippen LogP contribution in [0.1, 0.15) is 37.7 Å². The molecule has 2 atom stereocenters. The summed E-state index contributed by atoms with van der Waals surface area (Å²) in [5.41, 5.74) is 7.24. The maximum Gasteiger partial charge on any atom is 0.106 e. The van der Waals surface area contributed by atoms with Crippen LogP contribution in [0.3, 0.4) is 0 Å². The Hall–Kier alpha value is -1.20. The molecule has 1 saturated heterocycles. The number of anilines is 1. The molecule has 0 amide bonds. The van der Waals surface area contributed by atoms with Crippen molar-refractivity contribution in [2.24, 2.45) is 11.7 Å². The summed E-state index contributed by atoms with van der Waals surface area (Å²) in [6.45, 7) is 1.71. The van der Waals surface area contributed by atoms with Gasteiger partial charge in [-0.1, -0.05) is 25.1 Å². The normalized spacial score (nSPS) is 29.9. The number of pyridine rings is 1. The summed E-state index contributed by atoms with van der Waals surface area (Å²) in [4.78, 5) is 6.90. The number of rotatable bonds is 2. The van der Waals surface area contributed by atoms with Crippen molar-refractivity contribution in [3.63, 3.8) is 0 Å². The fraction of sp³-hybridized carbons (Fsp3) is 0.600. The van der Waals surface area contributed by atoms with E-state index in [1.807, 2.05) is 12.3 Å². The molecule has 0 aromatic carbocycles. The number of nitrogens with zero attached hydrogens (tertiary/aromatic N) is 2. The average Bonchev–Trinajstić information content (AvgIpc) is 2.46. The van der Waals surface area contributed by atoms with Crippen molar-refractivity contribution in [3.8, 4) is 0 Å². The van der Waals surface area contributed by atoms with E-state index in [1.165, 1.54) is 6.42 Å². The largest absolute Gasteiger partial charge is 0.389 e. The molecule has 5 heteroatoms. The number of hydrogen-bond acceptors (Lipinski definition) is 4. The van der Waals surface area contributed by atoms with Gasteiger partial charge in [0.25, 0.3) is 0 Å². The van der Waals surface area contributed by atoms with Crippen LogP contribution in [0, 0.1) is 5.92 Å². The molecule has 1 aromatic heterocycles. The fourth-order valence-electron chi connectivity index (χ4n) is 3.64. The van der Waals surface area contributed by atoms with E-state index in [-0.39, 0.29) is 0 Å². The highest BCUT2D eigenvalue weighted by atomic mass is 32.1. The lowest BCUT2D eigenvalue weighted by molar-refractivity contribution is -0.0612. The molecule has 2 aliphatic rings. The predicted octanol–water partition coefficient (Wildman–Crippen LogP) is 1.85. The lowest BCUT2D eigenvalue weighted by atomic mass is 9.71. The highest BCUT2D eigenvalue weighted by Gasteiger charge is 2.43. The summed E-state index contributed by atoms with van der Waals surface area (Å²) in [5.74, 6) is 0.351. The van der Waals surface area contributed by atoms with Gasteiger partial charge in [-0.2, -0.15) is 0 Å². The van der Waals surface area contributed by atoms with Crippen molar-refractivity contribution < 1.29 is 5.11 Å². The molecule has 108 valence electrons. The quantitative estimate of drug-likeness (QED) is 0.814. The van der Waals surface area contributed by atoms with Crippen molar-refractivity contribution in [2.75, 3.05) is 18.0 Å². The van der Waals surface area contributed by atoms with E-state index < -0.39 is 5.60 Å². The first-order chi connectivity index (χ1) is 9.60. The zero-order valence-electron chi connectivity index (χ0n) is 11.6. The molecule has 0 bridgehead atoms. The van der Waals surface area contributed by atoms with Gasteiger partial charge in [-0.05, 0) is 25.3 Å². The second kappa shape index (κ2) is 5.30. The maximum atomic E-state index is 10.7. The van der Waals surface area contributed by atoms with Crippen LogP contribution in [-0.4, -0.2) is 33.8 Å². The number of hydrogen-bond donors (Lipinski definition) is 2. The highest BCUT2D eigenvalue weighted by Crippen LogP contribution is 2.41. The Morgan fingerprint density at radius 3 is 3.10 bits per heavy atom. The van der Waals surface area contributed by atoms with Crippen LogP contribution in [0.25, 0.3) is 0 Å². The zero-order chi connectivity index (χ0) is 14.2. The van der Waals surface area contributed by atoms with Gasteiger partial charge in [-0.15, -0.1) is 0 Å². The number of piperidine rings is 1. The molecular weight excluding hydrogens is 270 g/mol. The van der Waals surface area contributed by atoms with E-state index in [0.29, 0.717) is 10.9 Å². The van der Waals surface area contributed by atoms with Crippen molar-refractivity contribution in [2.45, 2.75) is 37.7 Å². The van der Waals surface area contributed by atoms with Crippen LogP contribution in [0.4, 0.5) is 5.69 Å². The minimum Gasteiger partial charge on any atom is -0.389 e. The lowest BCUT2D eigenvalue weighted by Crippen LogP contribution is -2.53. The second-order valence-electron chi connectivity index (χ2n) is 6.00. The molecule has 4 nitrogen and oxygen atoms in total. The third-order valence-corrected chi connectivity index (χ3v) is 5.05. The molecule has 20 heavy (non-hydrogen) atoms. The molecule has 2 fully saturated rings. The molecule has 2 heterocycles. The van der Waals surface area contributed by atoms with Crippen molar-refractivity contribution in [1.29, 1.82) is 0 Å². The molecular formula is C15H21N3OS. The van der Waals surface area contributed by atoms with E-state index in [4.69, 9.17) is 18.0 Å². The molecule has 1 saturated carbocycles. The number of aromatic nitrogens is 1. The Morgan fingerprint density at radius 1 is 1.45 bits per heavy atom. The van der Waals surface area contributed by atoms with Gasteiger partial charge in [0.05, 0.1) is 17.5 Å². The molecule has 3 N–H and O–H groups in total. The monoisotopic (exact) mass is 291 g/mol. The average molecular weight is 291 g/mol. The van der Waals surface area contributed by atoms with Crippen LogP contribution >= 0.6 is 12.2 Å². The van der Waals surface area contributed by atoms with E-state index in [2.05, 4.69) is 9.88 Å². The third kappa shape index (κ3) is 2.40. The van der Waals surface area contributed by atoms with E-state index in [0.717, 1.165) is 50.0 Å². The van der Waals surface area contributed by atoms with Crippen LogP contribution in [0.15, 0.2) is 18.5 Å². The predicted molar refractivity (Wildman–Crippen MR) is 83.9 cm³/mol. The van der Waals surface area contributed by atoms with Crippen molar-refractivity contribution in [3.05, 3.63) is 24.0 Å². The summed E-state index contributed by atoms with van der Waals surface area (Å²) in [7, 11) is 0. The maximum absolute atomic E-state index is 10.7. The molecule has 1 aromatic rings. The van der Waals surface area contributed by atoms with Crippen LogP contribution < -0.4 is 10.6 Å². The first-order valence-electron chi connectivity index (χ1n) is 7.31. The Kier molecular flexibility index (Phi) is 3.65. The molecule has 0 radical (unpaired) electrons. The van der Waals surface area contributed by atoms with Crippen LogP contribution in [-0.2, 0) is 0 Å². The van der Waals surface area contributed by atoms with E-state index in [1.54, 1.807) is 6.20 Å². The van der Waals surface area contributed by atoms with Crippen LogP contribution in [0.2, 0.25) is 0 Å². The van der Waals surface area contributed by atoms with Gasteiger partial charge in [0.1, 0.15) is 4.99 Å².